The van der Waals surface area contributed by atoms with Gasteiger partial charge < -0.3 is 4.52 Å². The van der Waals surface area contributed by atoms with Gasteiger partial charge in [0.05, 0.1) is 11.8 Å². The first-order valence-corrected chi connectivity index (χ1v) is 5.82. The molecule has 96 valence electrons. The zero-order valence-corrected chi connectivity index (χ0v) is 9.57. The SMILES string of the molecule is FC1(F)CCC(Cc2nc(-c3cn[nH]c3)no2)C1. The average Bonchev–Trinajstić information content (AvgIpc) is 2.99. The maximum atomic E-state index is 13.0. The smallest absolute Gasteiger partial charge is 0.248 e. The number of nitrogens with zero attached hydrogens (tertiary/aromatic N) is 3. The van der Waals surface area contributed by atoms with Crippen molar-refractivity contribution in [2.75, 3.05) is 0 Å². The summed E-state index contributed by atoms with van der Waals surface area (Å²) in [6.45, 7) is 0. The second-order valence-electron chi connectivity index (χ2n) is 4.67. The Morgan fingerprint density at radius 1 is 1.50 bits per heavy atom. The Morgan fingerprint density at radius 2 is 2.39 bits per heavy atom. The molecule has 2 aromatic heterocycles. The molecule has 1 atom stereocenters. The van der Waals surface area contributed by atoms with Crippen molar-refractivity contribution in [2.45, 2.75) is 31.6 Å². The highest BCUT2D eigenvalue weighted by molar-refractivity contribution is 5.50. The van der Waals surface area contributed by atoms with Crippen LogP contribution in [-0.2, 0) is 6.42 Å². The Kier molecular flexibility index (Phi) is 2.61. The highest BCUT2D eigenvalue weighted by Gasteiger charge is 2.39. The molecule has 1 aliphatic rings. The molecule has 18 heavy (non-hydrogen) atoms. The lowest BCUT2D eigenvalue weighted by Gasteiger charge is -2.07. The molecule has 3 rings (SSSR count). The van der Waals surface area contributed by atoms with Crippen LogP contribution < -0.4 is 0 Å². The van der Waals surface area contributed by atoms with Crippen LogP contribution in [0.4, 0.5) is 8.78 Å². The Labute approximate surface area is 102 Å². The fourth-order valence-electron chi connectivity index (χ4n) is 2.29. The van der Waals surface area contributed by atoms with Crippen molar-refractivity contribution in [2.24, 2.45) is 5.92 Å². The van der Waals surface area contributed by atoms with Gasteiger partial charge in [-0.2, -0.15) is 10.1 Å². The van der Waals surface area contributed by atoms with Crippen LogP contribution in [0.25, 0.3) is 11.4 Å². The number of rotatable bonds is 3. The number of nitrogens with one attached hydrogen (secondary N) is 1. The molecular weight excluding hydrogens is 242 g/mol. The Bertz CT molecular complexity index is 523. The molecular formula is C11H12F2N4O. The van der Waals surface area contributed by atoms with Gasteiger partial charge in [0, 0.05) is 25.5 Å². The summed E-state index contributed by atoms with van der Waals surface area (Å²) < 4.78 is 31.2. The summed E-state index contributed by atoms with van der Waals surface area (Å²) in [4.78, 5) is 4.18. The van der Waals surface area contributed by atoms with E-state index in [4.69, 9.17) is 4.52 Å². The van der Waals surface area contributed by atoms with E-state index in [9.17, 15) is 8.78 Å². The Morgan fingerprint density at radius 3 is 3.06 bits per heavy atom. The summed E-state index contributed by atoms with van der Waals surface area (Å²) in [6.07, 6.45) is 4.03. The van der Waals surface area contributed by atoms with Gasteiger partial charge in [0.1, 0.15) is 0 Å². The van der Waals surface area contributed by atoms with Crippen molar-refractivity contribution < 1.29 is 13.3 Å². The molecule has 0 bridgehead atoms. The largest absolute Gasteiger partial charge is 0.339 e. The van der Waals surface area contributed by atoms with Crippen molar-refractivity contribution in [1.29, 1.82) is 0 Å². The molecule has 0 spiro atoms. The number of hydrogen-bond donors (Lipinski definition) is 1. The van der Waals surface area contributed by atoms with Crippen molar-refractivity contribution in [1.82, 2.24) is 20.3 Å². The van der Waals surface area contributed by atoms with E-state index >= 15 is 0 Å². The van der Waals surface area contributed by atoms with E-state index in [-0.39, 0.29) is 18.8 Å². The van der Waals surface area contributed by atoms with E-state index in [1.54, 1.807) is 12.4 Å². The minimum atomic E-state index is -2.53. The van der Waals surface area contributed by atoms with Crippen molar-refractivity contribution >= 4 is 0 Å². The average molecular weight is 254 g/mol. The van der Waals surface area contributed by atoms with Crippen LogP contribution in [0.3, 0.4) is 0 Å². The van der Waals surface area contributed by atoms with Gasteiger partial charge in [-0.3, -0.25) is 5.10 Å². The minimum absolute atomic E-state index is 0.0413. The minimum Gasteiger partial charge on any atom is -0.339 e. The summed E-state index contributed by atoms with van der Waals surface area (Å²) in [5.74, 6) is -1.76. The number of aromatic nitrogens is 4. The molecule has 0 radical (unpaired) electrons. The number of aromatic amines is 1. The van der Waals surface area contributed by atoms with Crippen molar-refractivity contribution in [3.63, 3.8) is 0 Å². The second-order valence-corrected chi connectivity index (χ2v) is 4.67. The van der Waals surface area contributed by atoms with Gasteiger partial charge in [-0.05, 0) is 12.3 Å². The summed E-state index contributed by atoms with van der Waals surface area (Å²) in [6, 6.07) is 0. The zero-order valence-electron chi connectivity index (χ0n) is 9.57. The molecule has 1 N–H and O–H groups in total. The Balaban J connectivity index is 1.68. The van der Waals surface area contributed by atoms with E-state index in [0.29, 0.717) is 24.6 Å². The highest BCUT2D eigenvalue weighted by Crippen LogP contribution is 2.40. The van der Waals surface area contributed by atoms with Gasteiger partial charge in [-0.1, -0.05) is 5.16 Å². The third-order valence-corrected chi connectivity index (χ3v) is 3.19. The lowest BCUT2D eigenvalue weighted by atomic mass is 10.0. The molecule has 1 fully saturated rings. The van der Waals surface area contributed by atoms with Crippen molar-refractivity contribution in [3.05, 3.63) is 18.3 Å². The molecule has 1 saturated carbocycles. The van der Waals surface area contributed by atoms with Gasteiger partial charge in [-0.25, -0.2) is 8.78 Å². The van der Waals surface area contributed by atoms with Gasteiger partial charge in [0.2, 0.25) is 17.6 Å². The van der Waals surface area contributed by atoms with Crippen LogP contribution in [-0.4, -0.2) is 26.3 Å². The molecule has 0 aromatic carbocycles. The number of H-pyrrole nitrogens is 1. The predicted molar refractivity (Wildman–Crippen MR) is 57.9 cm³/mol. The summed E-state index contributed by atoms with van der Waals surface area (Å²) in [5, 5.41) is 10.2. The quantitative estimate of drug-likeness (QED) is 0.913. The summed E-state index contributed by atoms with van der Waals surface area (Å²) in [5.41, 5.74) is 0.724. The first kappa shape index (κ1) is 11.3. The summed E-state index contributed by atoms with van der Waals surface area (Å²) >= 11 is 0. The molecule has 2 aromatic rings. The topological polar surface area (TPSA) is 67.6 Å². The monoisotopic (exact) mass is 254 g/mol. The van der Waals surface area contributed by atoms with Gasteiger partial charge in [0.25, 0.3) is 0 Å². The lowest BCUT2D eigenvalue weighted by molar-refractivity contribution is 0.00483. The molecule has 2 heterocycles. The van der Waals surface area contributed by atoms with Crippen LogP contribution in [0, 0.1) is 5.92 Å². The molecule has 1 unspecified atom stereocenters. The number of halogens is 2. The van der Waals surface area contributed by atoms with E-state index in [1.165, 1.54) is 0 Å². The zero-order chi connectivity index (χ0) is 12.6. The van der Waals surface area contributed by atoms with E-state index in [2.05, 4.69) is 20.3 Å². The summed E-state index contributed by atoms with van der Waals surface area (Å²) in [7, 11) is 0. The number of hydrogen-bond acceptors (Lipinski definition) is 4. The third-order valence-electron chi connectivity index (χ3n) is 3.19. The standard InChI is InChI=1S/C11H12F2N4O/c12-11(13)2-1-7(4-11)3-9-16-10(17-18-9)8-5-14-15-6-8/h5-7H,1-4H2,(H,14,15). The fourth-order valence-corrected chi connectivity index (χ4v) is 2.29. The molecule has 5 nitrogen and oxygen atoms in total. The first-order valence-electron chi connectivity index (χ1n) is 5.82. The predicted octanol–water partition coefficient (Wildman–Crippen LogP) is 2.44. The molecule has 0 aliphatic heterocycles. The van der Waals surface area contributed by atoms with E-state index in [0.717, 1.165) is 5.56 Å². The maximum Gasteiger partial charge on any atom is 0.248 e. The van der Waals surface area contributed by atoms with E-state index < -0.39 is 5.92 Å². The normalized spacial score (nSPS) is 22.4. The number of alkyl halides is 2. The molecule has 7 heteroatoms. The molecule has 1 aliphatic carbocycles. The maximum absolute atomic E-state index is 13.0. The van der Waals surface area contributed by atoms with Crippen LogP contribution >= 0.6 is 0 Å². The van der Waals surface area contributed by atoms with Gasteiger partial charge in [-0.15, -0.1) is 0 Å². The van der Waals surface area contributed by atoms with Gasteiger partial charge in [0.15, 0.2) is 0 Å². The molecule has 0 saturated heterocycles. The second kappa shape index (κ2) is 4.15. The lowest BCUT2D eigenvalue weighted by Crippen LogP contribution is -2.10. The fraction of sp³-hybridized carbons (Fsp3) is 0.545. The first-order chi connectivity index (χ1) is 8.62. The van der Waals surface area contributed by atoms with Crippen LogP contribution in [0.1, 0.15) is 25.2 Å². The Hall–Kier alpha value is -1.79. The third kappa shape index (κ3) is 2.25. The molecule has 0 amide bonds. The van der Waals surface area contributed by atoms with Crippen LogP contribution in [0.5, 0.6) is 0 Å². The van der Waals surface area contributed by atoms with E-state index in [1.807, 2.05) is 0 Å². The van der Waals surface area contributed by atoms with Crippen molar-refractivity contribution in [3.8, 4) is 11.4 Å². The highest BCUT2D eigenvalue weighted by atomic mass is 19.3. The van der Waals surface area contributed by atoms with Crippen LogP contribution in [0.15, 0.2) is 16.9 Å². The van der Waals surface area contributed by atoms with Crippen LogP contribution in [0.2, 0.25) is 0 Å². The van der Waals surface area contributed by atoms with Gasteiger partial charge >= 0.3 is 0 Å².